The van der Waals surface area contributed by atoms with Crippen molar-refractivity contribution in [3.05, 3.63) is 46.4 Å². The highest BCUT2D eigenvalue weighted by atomic mass is 35.5. The first-order valence-corrected chi connectivity index (χ1v) is 6.48. The highest BCUT2D eigenvalue weighted by molar-refractivity contribution is 6.30. The van der Waals surface area contributed by atoms with E-state index in [0.717, 1.165) is 40.6 Å². The Kier molecular flexibility index (Phi) is 4.39. The van der Waals surface area contributed by atoms with E-state index in [9.17, 15) is 0 Å². The van der Waals surface area contributed by atoms with Gasteiger partial charge in [0.15, 0.2) is 0 Å². The maximum absolute atomic E-state index is 6.24. The summed E-state index contributed by atoms with van der Waals surface area (Å²) in [4.78, 5) is 7.94. The maximum Gasteiger partial charge on any atom is 0.114 e. The lowest BCUT2D eigenvalue weighted by Gasteiger charge is -2.12. The minimum absolute atomic E-state index is 0.206. The van der Waals surface area contributed by atoms with Crippen molar-refractivity contribution in [1.82, 2.24) is 5.32 Å². The summed E-state index contributed by atoms with van der Waals surface area (Å²) in [6.45, 7) is 3.44. The second kappa shape index (κ2) is 6.03. The van der Waals surface area contributed by atoms with Gasteiger partial charge in [-0.05, 0) is 25.6 Å². The molecule has 5 heteroatoms. The van der Waals surface area contributed by atoms with Crippen LogP contribution in [0.4, 0.5) is 0 Å². The lowest BCUT2D eigenvalue weighted by Crippen LogP contribution is -2.11. The average Bonchev–Trinajstić information content (AvgIpc) is 2.74. The zero-order valence-corrected chi connectivity index (χ0v) is 11.3. The molecule has 0 saturated heterocycles. The molecule has 0 fully saturated rings. The molecule has 94 valence electrons. The van der Waals surface area contributed by atoms with Crippen molar-refractivity contribution < 1.29 is 0 Å². The number of nitrogens with one attached hydrogen (secondary N) is 1. The molecule has 3 nitrogen and oxygen atoms in total. The second-order valence-corrected chi connectivity index (χ2v) is 4.53. The third kappa shape index (κ3) is 2.74. The van der Waals surface area contributed by atoms with Crippen molar-refractivity contribution in [2.24, 2.45) is 9.98 Å². The molecule has 1 aliphatic carbocycles. The third-order valence-corrected chi connectivity index (χ3v) is 3.19. The first-order chi connectivity index (χ1) is 8.76. The molecule has 2 aliphatic rings. The summed E-state index contributed by atoms with van der Waals surface area (Å²) < 4.78 is 0. The summed E-state index contributed by atoms with van der Waals surface area (Å²) in [5.41, 5.74) is 3.48. The number of hydrogen-bond donors (Lipinski definition) is 1. The van der Waals surface area contributed by atoms with E-state index in [2.05, 4.69) is 28.1 Å². The molecule has 0 radical (unpaired) electrons. The Bertz CT molecular complexity index is 510. The third-order valence-electron chi connectivity index (χ3n) is 2.67. The summed E-state index contributed by atoms with van der Waals surface area (Å²) in [5, 5.41) is 4.09. The van der Waals surface area contributed by atoms with Gasteiger partial charge in [0.1, 0.15) is 6.00 Å². The van der Waals surface area contributed by atoms with Crippen molar-refractivity contribution in [3.8, 4) is 0 Å². The van der Waals surface area contributed by atoms with E-state index in [1.165, 1.54) is 0 Å². The summed E-state index contributed by atoms with van der Waals surface area (Å²) in [6.07, 6.45) is 9.52. The predicted molar refractivity (Wildman–Crippen MR) is 78.3 cm³/mol. The van der Waals surface area contributed by atoms with Crippen LogP contribution in [0.25, 0.3) is 0 Å². The molecule has 0 spiro atoms. The standard InChI is InChI=1S/C13H13Cl2N3/c1-16-7-13-12(17-8-14)6-11(18-13)9-4-2-3-5-10(9)15/h2,4,6-7,18H,1,3,5,8H2/b13-7+,17-12?. The minimum Gasteiger partial charge on any atom is -0.352 e. The molecule has 1 heterocycles. The van der Waals surface area contributed by atoms with Crippen LogP contribution in [-0.2, 0) is 0 Å². The van der Waals surface area contributed by atoms with Crippen LogP contribution in [0.15, 0.2) is 56.4 Å². The Balaban J connectivity index is 2.34. The van der Waals surface area contributed by atoms with Crippen molar-refractivity contribution in [1.29, 1.82) is 0 Å². The molecule has 1 N–H and O–H groups in total. The molecule has 0 aromatic rings. The molecule has 2 rings (SSSR count). The largest absolute Gasteiger partial charge is 0.352 e. The Labute approximate surface area is 116 Å². The zero-order chi connectivity index (χ0) is 13.0. The number of allylic oxidation sites excluding steroid dienone is 4. The van der Waals surface area contributed by atoms with E-state index in [4.69, 9.17) is 23.2 Å². The number of nitrogens with zero attached hydrogens (tertiary/aromatic N) is 2. The summed E-state index contributed by atoms with van der Waals surface area (Å²) in [6, 6.07) is 0.206. The number of hydrogen-bond acceptors (Lipinski definition) is 3. The Hall–Kier alpha value is -1.32. The molecule has 0 saturated carbocycles. The van der Waals surface area contributed by atoms with E-state index >= 15 is 0 Å². The molecule has 0 atom stereocenters. The van der Waals surface area contributed by atoms with Gasteiger partial charge in [0.05, 0.1) is 17.6 Å². The summed E-state index contributed by atoms with van der Waals surface area (Å²) >= 11 is 11.9. The Morgan fingerprint density at radius 2 is 2.33 bits per heavy atom. The molecule has 0 aromatic carbocycles. The predicted octanol–water partition coefficient (Wildman–Crippen LogP) is 3.50. The van der Waals surface area contributed by atoms with Crippen LogP contribution in [-0.4, -0.2) is 18.4 Å². The lowest BCUT2D eigenvalue weighted by atomic mass is 10.0. The number of aliphatic imine (C=N–C) groups is 2. The van der Waals surface area contributed by atoms with Crippen molar-refractivity contribution in [2.75, 3.05) is 6.00 Å². The van der Waals surface area contributed by atoms with Crippen LogP contribution in [0.5, 0.6) is 0 Å². The maximum atomic E-state index is 6.24. The highest BCUT2D eigenvalue weighted by Crippen LogP contribution is 2.29. The van der Waals surface area contributed by atoms with Gasteiger partial charge in [0, 0.05) is 16.3 Å². The first-order valence-electron chi connectivity index (χ1n) is 5.57. The van der Waals surface area contributed by atoms with Gasteiger partial charge in [-0.25, -0.2) is 0 Å². The van der Waals surface area contributed by atoms with Gasteiger partial charge >= 0.3 is 0 Å². The highest BCUT2D eigenvalue weighted by Gasteiger charge is 2.20. The number of alkyl halides is 1. The van der Waals surface area contributed by atoms with Crippen molar-refractivity contribution in [3.63, 3.8) is 0 Å². The molecule has 0 unspecified atom stereocenters. The van der Waals surface area contributed by atoms with E-state index in [-0.39, 0.29) is 6.00 Å². The van der Waals surface area contributed by atoms with E-state index < -0.39 is 0 Å². The fraction of sp³-hybridized carbons (Fsp3) is 0.231. The van der Waals surface area contributed by atoms with Crippen LogP contribution in [0.3, 0.4) is 0 Å². The number of rotatable bonds is 3. The monoisotopic (exact) mass is 281 g/mol. The normalized spacial score (nSPS) is 23.6. The zero-order valence-electron chi connectivity index (χ0n) is 9.79. The topological polar surface area (TPSA) is 36.8 Å². The molecular weight excluding hydrogens is 269 g/mol. The van der Waals surface area contributed by atoms with E-state index in [1.54, 1.807) is 6.20 Å². The molecule has 0 amide bonds. The fourth-order valence-corrected chi connectivity index (χ4v) is 2.26. The second-order valence-electron chi connectivity index (χ2n) is 3.83. The lowest BCUT2D eigenvalue weighted by molar-refractivity contribution is 0.974. The van der Waals surface area contributed by atoms with E-state index in [1.807, 2.05) is 12.2 Å². The van der Waals surface area contributed by atoms with Gasteiger partial charge in [0.2, 0.25) is 0 Å². The molecular formula is C13H13Cl2N3. The quantitative estimate of drug-likeness (QED) is 0.480. The average molecular weight is 282 g/mol. The smallest absolute Gasteiger partial charge is 0.114 e. The van der Waals surface area contributed by atoms with Gasteiger partial charge in [0.25, 0.3) is 0 Å². The van der Waals surface area contributed by atoms with Crippen LogP contribution in [0.1, 0.15) is 12.8 Å². The van der Waals surface area contributed by atoms with Crippen molar-refractivity contribution >= 4 is 35.6 Å². The SMILES string of the molecule is C=N/C=C1/NC(C2=C(Cl)CCC=C2)=CC1=NCCl. The van der Waals surface area contributed by atoms with Crippen LogP contribution in [0.2, 0.25) is 0 Å². The van der Waals surface area contributed by atoms with Gasteiger partial charge in [-0.2, -0.15) is 0 Å². The van der Waals surface area contributed by atoms with Crippen LogP contribution in [0, 0.1) is 0 Å². The summed E-state index contributed by atoms with van der Waals surface area (Å²) in [5.74, 6) is 0. The van der Waals surface area contributed by atoms with Crippen LogP contribution >= 0.6 is 23.2 Å². The molecule has 18 heavy (non-hydrogen) atoms. The van der Waals surface area contributed by atoms with Crippen molar-refractivity contribution in [2.45, 2.75) is 12.8 Å². The Morgan fingerprint density at radius 3 is 3.00 bits per heavy atom. The van der Waals surface area contributed by atoms with E-state index in [0.29, 0.717) is 0 Å². The van der Waals surface area contributed by atoms with Gasteiger partial charge < -0.3 is 5.32 Å². The van der Waals surface area contributed by atoms with Gasteiger partial charge in [-0.3, -0.25) is 9.98 Å². The molecule has 1 aliphatic heterocycles. The van der Waals surface area contributed by atoms with Crippen LogP contribution < -0.4 is 5.32 Å². The minimum atomic E-state index is 0.206. The van der Waals surface area contributed by atoms with Gasteiger partial charge in [-0.15, -0.1) is 11.6 Å². The molecule has 0 aromatic heterocycles. The number of halogens is 2. The summed E-state index contributed by atoms with van der Waals surface area (Å²) in [7, 11) is 0. The fourth-order valence-electron chi connectivity index (χ4n) is 1.86. The van der Waals surface area contributed by atoms with Gasteiger partial charge in [-0.1, -0.05) is 23.8 Å². The first kappa shape index (κ1) is 13.1. The molecule has 0 bridgehead atoms. The Morgan fingerprint density at radius 1 is 1.50 bits per heavy atom.